The van der Waals surface area contributed by atoms with Crippen LogP contribution < -0.4 is 29.2 Å². The highest BCUT2D eigenvalue weighted by Gasteiger charge is 2.29. The number of piperidine rings is 1. The third kappa shape index (κ3) is 5.87. The van der Waals surface area contributed by atoms with Gasteiger partial charge in [0, 0.05) is 76.1 Å². The van der Waals surface area contributed by atoms with Gasteiger partial charge in [-0.15, -0.1) is 0 Å². The number of hydrogen-bond acceptors (Lipinski definition) is 10. The number of fused-ring (bicyclic) bond motifs is 1. The molecule has 11 heteroatoms. The summed E-state index contributed by atoms with van der Waals surface area (Å²) in [6, 6.07) is 12.2. The van der Waals surface area contributed by atoms with Crippen LogP contribution in [0, 0.1) is 0 Å². The van der Waals surface area contributed by atoms with Gasteiger partial charge in [-0.1, -0.05) is 0 Å². The summed E-state index contributed by atoms with van der Waals surface area (Å²) in [5.41, 5.74) is 3.40. The first-order chi connectivity index (χ1) is 20.5. The average molecular weight is 575 g/mol. The van der Waals surface area contributed by atoms with E-state index in [2.05, 4.69) is 20.1 Å². The SMILES string of the molecule is COc1cc(N2CCC(N3CCN(C(C)=O)CC3)CC2)c(OC)cc1Nc1nccc(-c2ccc3c(c2)OCCO3)n1. The van der Waals surface area contributed by atoms with Crippen LogP contribution in [0.2, 0.25) is 0 Å². The number of amides is 1. The number of ether oxygens (including phenoxy) is 4. The molecular weight excluding hydrogens is 536 g/mol. The fourth-order valence-corrected chi connectivity index (χ4v) is 6.00. The Morgan fingerprint density at radius 3 is 2.36 bits per heavy atom. The van der Waals surface area contributed by atoms with Crippen LogP contribution in [-0.2, 0) is 4.79 Å². The Bertz CT molecular complexity index is 1420. The molecule has 1 N–H and O–H groups in total. The van der Waals surface area contributed by atoms with Gasteiger partial charge in [-0.25, -0.2) is 9.97 Å². The van der Waals surface area contributed by atoms with Crippen molar-refractivity contribution < 1.29 is 23.7 Å². The summed E-state index contributed by atoms with van der Waals surface area (Å²) >= 11 is 0. The van der Waals surface area contributed by atoms with Gasteiger partial charge < -0.3 is 34.1 Å². The number of rotatable bonds is 7. The molecule has 1 amide bonds. The quantitative estimate of drug-likeness (QED) is 0.448. The molecule has 6 rings (SSSR count). The first-order valence-electron chi connectivity index (χ1n) is 14.5. The molecule has 3 aliphatic rings. The van der Waals surface area contributed by atoms with Gasteiger partial charge in [0.15, 0.2) is 11.5 Å². The highest BCUT2D eigenvalue weighted by molar-refractivity contribution is 5.75. The third-order valence-corrected chi connectivity index (χ3v) is 8.32. The van der Waals surface area contributed by atoms with Crippen LogP contribution in [0.3, 0.4) is 0 Å². The van der Waals surface area contributed by atoms with Crippen LogP contribution in [0.1, 0.15) is 19.8 Å². The second-order valence-corrected chi connectivity index (χ2v) is 10.7. The Labute approximate surface area is 246 Å². The molecule has 0 saturated carbocycles. The zero-order valence-electron chi connectivity index (χ0n) is 24.5. The van der Waals surface area contributed by atoms with E-state index in [0.29, 0.717) is 36.7 Å². The number of piperazine rings is 1. The zero-order chi connectivity index (χ0) is 29.1. The molecule has 11 nitrogen and oxygen atoms in total. The van der Waals surface area contributed by atoms with Crippen LogP contribution >= 0.6 is 0 Å². The smallest absolute Gasteiger partial charge is 0.227 e. The minimum absolute atomic E-state index is 0.169. The predicted molar refractivity (Wildman–Crippen MR) is 160 cm³/mol. The summed E-state index contributed by atoms with van der Waals surface area (Å²) in [5, 5.41) is 3.33. The van der Waals surface area contributed by atoms with Crippen LogP contribution in [0.25, 0.3) is 11.3 Å². The van der Waals surface area contributed by atoms with Crippen molar-refractivity contribution in [1.29, 1.82) is 0 Å². The maximum absolute atomic E-state index is 11.7. The number of methoxy groups -OCH3 is 2. The first-order valence-corrected chi connectivity index (χ1v) is 14.5. The van der Waals surface area contributed by atoms with Gasteiger partial charge in [0.2, 0.25) is 11.9 Å². The van der Waals surface area contributed by atoms with E-state index < -0.39 is 0 Å². The molecule has 1 aromatic heterocycles. The lowest BCUT2D eigenvalue weighted by Gasteiger charge is -2.43. The molecule has 0 spiro atoms. The fourth-order valence-electron chi connectivity index (χ4n) is 6.00. The molecule has 2 aromatic carbocycles. The van der Waals surface area contributed by atoms with E-state index in [1.807, 2.05) is 41.3 Å². The first kappa shape index (κ1) is 27.9. The van der Waals surface area contributed by atoms with E-state index in [1.54, 1.807) is 27.3 Å². The minimum atomic E-state index is 0.169. The van der Waals surface area contributed by atoms with Gasteiger partial charge in [-0.05, 0) is 37.1 Å². The topological polar surface area (TPSA) is 102 Å². The third-order valence-electron chi connectivity index (χ3n) is 8.32. The molecule has 42 heavy (non-hydrogen) atoms. The molecule has 0 aliphatic carbocycles. The summed E-state index contributed by atoms with van der Waals surface area (Å²) in [4.78, 5) is 27.7. The van der Waals surface area contributed by atoms with E-state index in [4.69, 9.17) is 23.9 Å². The van der Waals surface area contributed by atoms with Crippen molar-refractivity contribution in [3.05, 3.63) is 42.6 Å². The number of aromatic nitrogens is 2. The Kier molecular flexibility index (Phi) is 8.18. The largest absolute Gasteiger partial charge is 0.494 e. The van der Waals surface area contributed by atoms with Crippen molar-refractivity contribution in [1.82, 2.24) is 19.8 Å². The molecule has 0 bridgehead atoms. The van der Waals surface area contributed by atoms with E-state index in [-0.39, 0.29) is 5.91 Å². The average Bonchev–Trinajstić information content (AvgIpc) is 3.04. The standard InChI is InChI=1S/C31H38N6O5/c1-21(38)35-12-14-36(15-13-35)23-7-10-37(11-8-23)26-20-28(39-2)25(19-29(26)40-3)34-31-32-9-6-24(33-31)22-4-5-27-30(18-22)42-17-16-41-27/h4-6,9,18-20,23H,7-8,10-17H2,1-3H3,(H,32,33,34). The number of carbonyl (C=O) groups excluding carboxylic acids is 1. The van der Waals surface area contributed by atoms with Crippen molar-refractivity contribution in [3.8, 4) is 34.3 Å². The second-order valence-electron chi connectivity index (χ2n) is 10.7. The lowest BCUT2D eigenvalue weighted by Crippen LogP contribution is -2.54. The molecule has 4 heterocycles. The molecule has 3 aliphatic heterocycles. The number of nitrogens with zero attached hydrogens (tertiary/aromatic N) is 5. The predicted octanol–water partition coefficient (Wildman–Crippen LogP) is 3.81. The van der Waals surface area contributed by atoms with Gasteiger partial charge in [-0.2, -0.15) is 0 Å². The van der Waals surface area contributed by atoms with E-state index in [0.717, 1.165) is 86.2 Å². The monoisotopic (exact) mass is 574 g/mol. The molecule has 222 valence electrons. The summed E-state index contributed by atoms with van der Waals surface area (Å²) in [6.07, 6.45) is 3.85. The second kappa shape index (κ2) is 12.3. The number of nitrogens with one attached hydrogen (secondary N) is 1. The summed E-state index contributed by atoms with van der Waals surface area (Å²) in [5.74, 6) is 3.51. The fraction of sp³-hybridized carbons (Fsp3) is 0.452. The normalized spacial score (nSPS) is 17.6. The van der Waals surface area contributed by atoms with Gasteiger partial charge in [0.1, 0.15) is 24.7 Å². The number of carbonyl (C=O) groups is 1. The Morgan fingerprint density at radius 1 is 0.905 bits per heavy atom. The zero-order valence-corrected chi connectivity index (χ0v) is 24.5. The number of anilines is 3. The summed E-state index contributed by atoms with van der Waals surface area (Å²) < 4.78 is 23.0. The molecule has 2 saturated heterocycles. The lowest BCUT2D eigenvalue weighted by molar-refractivity contribution is -0.130. The Morgan fingerprint density at radius 2 is 1.64 bits per heavy atom. The van der Waals surface area contributed by atoms with Crippen molar-refractivity contribution in [2.24, 2.45) is 0 Å². The minimum Gasteiger partial charge on any atom is -0.494 e. The van der Waals surface area contributed by atoms with Gasteiger partial charge in [0.25, 0.3) is 0 Å². The molecule has 0 atom stereocenters. The van der Waals surface area contributed by atoms with Crippen molar-refractivity contribution in [2.45, 2.75) is 25.8 Å². The van der Waals surface area contributed by atoms with E-state index in [9.17, 15) is 4.79 Å². The van der Waals surface area contributed by atoms with Gasteiger partial charge >= 0.3 is 0 Å². The van der Waals surface area contributed by atoms with Crippen LogP contribution in [0.15, 0.2) is 42.6 Å². The summed E-state index contributed by atoms with van der Waals surface area (Å²) in [6.45, 7) is 8.10. The van der Waals surface area contributed by atoms with Crippen molar-refractivity contribution in [2.75, 3.05) is 76.9 Å². The molecular formula is C31H38N6O5. The lowest BCUT2D eigenvalue weighted by atomic mass is 10.0. The Hall–Kier alpha value is -4.25. The van der Waals surface area contributed by atoms with Gasteiger partial charge in [-0.3, -0.25) is 9.69 Å². The molecule has 3 aromatic rings. The highest BCUT2D eigenvalue weighted by atomic mass is 16.6. The number of benzene rings is 2. The maximum Gasteiger partial charge on any atom is 0.227 e. The van der Waals surface area contributed by atoms with Crippen molar-refractivity contribution in [3.63, 3.8) is 0 Å². The van der Waals surface area contributed by atoms with E-state index in [1.165, 1.54) is 0 Å². The van der Waals surface area contributed by atoms with Crippen LogP contribution in [0.4, 0.5) is 17.3 Å². The molecule has 2 fully saturated rings. The highest BCUT2D eigenvalue weighted by Crippen LogP contribution is 2.41. The van der Waals surface area contributed by atoms with Gasteiger partial charge in [0.05, 0.1) is 31.3 Å². The molecule has 0 unspecified atom stereocenters. The Balaban J connectivity index is 1.15. The van der Waals surface area contributed by atoms with E-state index >= 15 is 0 Å². The maximum atomic E-state index is 11.7. The van der Waals surface area contributed by atoms with Crippen LogP contribution in [-0.4, -0.2) is 98.4 Å². The van der Waals surface area contributed by atoms with Crippen molar-refractivity contribution >= 4 is 23.2 Å². The summed E-state index contributed by atoms with van der Waals surface area (Å²) in [7, 11) is 3.35. The molecule has 0 radical (unpaired) electrons. The van der Waals surface area contributed by atoms with Crippen LogP contribution in [0.5, 0.6) is 23.0 Å². The number of hydrogen-bond donors (Lipinski definition) is 1.